The Morgan fingerprint density at radius 1 is 1.08 bits per heavy atom. The molecule has 2 aromatic carbocycles. The molecule has 1 N–H and O–H groups in total. The van der Waals surface area contributed by atoms with Gasteiger partial charge in [-0.3, -0.25) is 4.79 Å². The van der Waals surface area contributed by atoms with Gasteiger partial charge in [-0.2, -0.15) is 5.26 Å². The molecule has 4 nitrogen and oxygen atoms in total. The fourth-order valence-electron chi connectivity index (χ4n) is 3.05. The molecule has 0 spiro atoms. The van der Waals surface area contributed by atoms with Crippen molar-refractivity contribution in [3.05, 3.63) is 65.0 Å². The Labute approximate surface area is 148 Å². The average molecular weight is 359 g/mol. The number of amides is 1. The van der Waals surface area contributed by atoms with E-state index in [1.54, 1.807) is 11.0 Å². The van der Waals surface area contributed by atoms with E-state index in [2.05, 4.69) is 5.32 Å². The van der Waals surface area contributed by atoms with E-state index in [1.807, 2.05) is 0 Å². The number of carbonyl (C=O) groups is 1. The number of hydrogen-bond donors (Lipinski definition) is 1. The van der Waals surface area contributed by atoms with Crippen LogP contribution in [0.1, 0.15) is 28.8 Å². The fraction of sp³-hybridized carbons (Fsp3) is 0.263. The SMILES string of the molecule is N#Cc1cc(F)c(N2CCC(NC(=O)c3ccc(F)cc3)CC2)c(F)c1. The number of nitrogens with zero attached hydrogens (tertiary/aromatic N) is 2. The number of benzene rings is 2. The highest BCUT2D eigenvalue weighted by Gasteiger charge is 2.25. The van der Waals surface area contributed by atoms with Crippen LogP contribution >= 0.6 is 0 Å². The number of piperidine rings is 1. The number of rotatable bonds is 3. The lowest BCUT2D eigenvalue weighted by atomic mass is 10.0. The van der Waals surface area contributed by atoms with Crippen molar-refractivity contribution in [3.8, 4) is 6.07 Å². The maximum absolute atomic E-state index is 14.1. The lowest BCUT2D eigenvalue weighted by molar-refractivity contribution is 0.0931. The van der Waals surface area contributed by atoms with Crippen LogP contribution in [0.2, 0.25) is 0 Å². The Morgan fingerprint density at radius 2 is 1.65 bits per heavy atom. The first-order chi connectivity index (χ1) is 12.5. The van der Waals surface area contributed by atoms with Gasteiger partial charge in [-0.15, -0.1) is 0 Å². The number of carbonyl (C=O) groups excluding carboxylic acids is 1. The van der Waals surface area contributed by atoms with Crippen molar-refractivity contribution in [2.75, 3.05) is 18.0 Å². The van der Waals surface area contributed by atoms with Crippen LogP contribution in [0.5, 0.6) is 0 Å². The van der Waals surface area contributed by atoms with E-state index in [1.165, 1.54) is 24.3 Å². The molecule has 1 amide bonds. The summed E-state index contributed by atoms with van der Waals surface area (Å²) in [6, 6.07) is 8.86. The van der Waals surface area contributed by atoms with Gasteiger partial charge in [-0.05, 0) is 49.2 Å². The standard InChI is InChI=1S/C19H16F3N3O/c20-14-3-1-13(2-4-14)19(26)24-15-5-7-25(8-6-15)18-16(21)9-12(11-23)10-17(18)22/h1-4,9-10,15H,5-8H2,(H,24,26). The lowest BCUT2D eigenvalue weighted by Gasteiger charge is -2.34. The van der Waals surface area contributed by atoms with E-state index in [0.717, 1.165) is 12.1 Å². The average Bonchev–Trinajstić information content (AvgIpc) is 2.63. The van der Waals surface area contributed by atoms with Crippen molar-refractivity contribution in [1.29, 1.82) is 5.26 Å². The van der Waals surface area contributed by atoms with E-state index < -0.39 is 17.5 Å². The normalized spacial score (nSPS) is 14.8. The van der Waals surface area contributed by atoms with Gasteiger partial charge in [0.15, 0.2) is 11.6 Å². The van der Waals surface area contributed by atoms with E-state index >= 15 is 0 Å². The van der Waals surface area contributed by atoms with Crippen LogP contribution in [0.3, 0.4) is 0 Å². The highest BCUT2D eigenvalue weighted by atomic mass is 19.1. The summed E-state index contributed by atoms with van der Waals surface area (Å²) >= 11 is 0. The predicted molar refractivity (Wildman–Crippen MR) is 90.2 cm³/mol. The minimum Gasteiger partial charge on any atom is -0.367 e. The molecule has 1 heterocycles. The molecule has 0 atom stereocenters. The third kappa shape index (κ3) is 3.80. The molecule has 7 heteroatoms. The van der Waals surface area contributed by atoms with Crippen molar-refractivity contribution in [3.63, 3.8) is 0 Å². The summed E-state index contributed by atoms with van der Waals surface area (Å²) in [6.45, 7) is 0.738. The smallest absolute Gasteiger partial charge is 0.251 e. The summed E-state index contributed by atoms with van der Waals surface area (Å²) in [4.78, 5) is 13.7. The quantitative estimate of drug-likeness (QED) is 0.914. The van der Waals surface area contributed by atoms with Gasteiger partial charge < -0.3 is 10.2 Å². The van der Waals surface area contributed by atoms with Crippen molar-refractivity contribution in [2.45, 2.75) is 18.9 Å². The van der Waals surface area contributed by atoms with Gasteiger partial charge in [0.05, 0.1) is 11.6 Å². The zero-order valence-corrected chi connectivity index (χ0v) is 13.8. The van der Waals surface area contributed by atoms with Gasteiger partial charge in [0.1, 0.15) is 11.5 Å². The second-order valence-electron chi connectivity index (χ2n) is 6.14. The number of nitriles is 1. The first-order valence-corrected chi connectivity index (χ1v) is 8.18. The Kier molecular flexibility index (Phi) is 5.12. The molecule has 1 aliphatic heterocycles. The second kappa shape index (κ2) is 7.48. The minimum absolute atomic E-state index is 0.0646. The lowest BCUT2D eigenvalue weighted by Crippen LogP contribution is -2.45. The number of hydrogen-bond acceptors (Lipinski definition) is 3. The third-order valence-electron chi connectivity index (χ3n) is 4.40. The summed E-state index contributed by atoms with van der Waals surface area (Å²) in [5.74, 6) is -2.26. The number of halogens is 3. The molecule has 0 bridgehead atoms. The Hall–Kier alpha value is -3.01. The summed E-state index contributed by atoms with van der Waals surface area (Å²) in [5, 5.41) is 11.6. The summed E-state index contributed by atoms with van der Waals surface area (Å²) < 4.78 is 41.1. The van der Waals surface area contributed by atoms with Crippen molar-refractivity contribution >= 4 is 11.6 Å². The van der Waals surface area contributed by atoms with Crippen molar-refractivity contribution < 1.29 is 18.0 Å². The molecule has 3 rings (SSSR count). The first kappa shape index (κ1) is 17.8. The molecule has 26 heavy (non-hydrogen) atoms. The second-order valence-corrected chi connectivity index (χ2v) is 6.14. The molecule has 2 aromatic rings. The molecular formula is C19H16F3N3O. The molecule has 1 aliphatic rings. The van der Waals surface area contributed by atoms with Gasteiger partial charge in [0.25, 0.3) is 5.91 Å². The van der Waals surface area contributed by atoms with Gasteiger partial charge in [-0.25, -0.2) is 13.2 Å². The van der Waals surface area contributed by atoms with Gasteiger partial charge in [0.2, 0.25) is 0 Å². The zero-order valence-electron chi connectivity index (χ0n) is 13.8. The summed E-state index contributed by atoms with van der Waals surface area (Å²) in [7, 11) is 0. The molecular weight excluding hydrogens is 343 g/mol. The van der Waals surface area contributed by atoms with Crippen LogP contribution in [0.25, 0.3) is 0 Å². The molecule has 1 fully saturated rings. The van der Waals surface area contributed by atoms with E-state index in [9.17, 15) is 18.0 Å². The largest absolute Gasteiger partial charge is 0.367 e. The summed E-state index contributed by atoms with van der Waals surface area (Å²) in [6.07, 6.45) is 1.04. The van der Waals surface area contributed by atoms with Crippen LogP contribution in [0.15, 0.2) is 36.4 Å². The molecule has 0 radical (unpaired) electrons. The molecule has 134 valence electrons. The molecule has 0 aromatic heterocycles. The first-order valence-electron chi connectivity index (χ1n) is 8.18. The Balaban J connectivity index is 1.62. The Bertz CT molecular complexity index is 830. The van der Waals surface area contributed by atoms with Crippen LogP contribution in [0, 0.1) is 28.8 Å². The molecule has 0 unspecified atom stereocenters. The van der Waals surface area contributed by atoms with Crippen LogP contribution in [-0.2, 0) is 0 Å². The predicted octanol–water partition coefficient (Wildman–Crippen LogP) is 3.37. The highest BCUT2D eigenvalue weighted by Crippen LogP contribution is 2.27. The molecule has 0 aliphatic carbocycles. The van der Waals surface area contributed by atoms with Crippen LogP contribution in [-0.4, -0.2) is 25.0 Å². The topological polar surface area (TPSA) is 56.1 Å². The van der Waals surface area contributed by atoms with Gasteiger partial charge in [-0.1, -0.05) is 0 Å². The minimum atomic E-state index is -0.768. The third-order valence-corrected chi connectivity index (χ3v) is 4.40. The van der Waals surface area contributed by atoms with Crippen LogP contribution < -0.4 is 10.2 Å². The van der Waals surface area contributed by atoms with Gasteiger partial charge >= 0.3 is 0 Å². The van der Waals surface area contributed by atoms with E-state index in [-0.39, 0.29) is 23.2 Å². The maximum Gasteiger partial charge on any atom is 0.251 e. The fourth-order valence-corrected chi connectivity index (χ4v) is 3.05. The maximum atomic E-state index is 14.1. The Morgan fingerprint density at radius 3 is 2.19 bits per heavy atom. The van der Waals surface area contributed by atoms with Crippen molar-refractivity contribution in [1.82, 2.24) is 5.32 Å². The molecule has 0 saturated carbocycles. The summed E-state index contributed by atoms with van der Waals surface area (Å²) in [5.41, 5.74) is 0.149. The van der Waals surface area contributed by atoms with E-state index in [0.29, 0.717) is 31.5 Å². The van der Waals surface area contributed by atoms with E-state index in [4.69, 9.17) is 5.26 Å². The van der Waals surface area contributed by atoms with Crippen LogP contribution in [0.4, 0.5) is 18.9 Å². The van der Waals surface area contributed by atoms with Crippen molar-refractivity contribution in [2.24, 2.45) is 0 Å². The monoisotopic (exact) mass is 359 g/mol. The zero-order chi connectivity index (χ0) is 18.7. The number of anilines is 1. The van der Waals surface area contributed by atoms with Gasteiger partial charge in [0, 0.05) is 24.7 Å². The molecule has 1 saturated heterocycles. The highest BCUT2D eigenvalue weighted by molar-refractivity contribution is 5.94. The number of nitrogens with one attached hydrogen (secondary N) is 1.